The quantitative estimate of drug-likeness (QED) is 0.518. The SMILES string of the molecule is Cc1sc2ccccc2[n+]1C(C)C.[I-]. The van der Waals surface area contributed by atoms with Gasteiger partial charge >= 0.3 is 0 Å². The molecule has 0 bridgehead atoms. The third-order valence-electron chi connectivity index (χ3n) is 2.24. The van der Waals surface area contributed by atoms with E-state index in [4.69, 9.17) is 0 Å². The highest BCUT2D eigenvalue weighted by molar-refractivity contribution is 7.18. The Labute approximate surface area is 106 Å². The van der Waals surface area contributed by atoms with Gasteiger partial charge < -0.3 is 24.0 Å². The fourth-order valence-electron chi connectivity index (χ4n) is 1.76. The molecule has 0 fully saturated rings. The minimum absolute atomic E-state index is 0. The lowest BCUT2D eigenvalue weighted by Gasteiger charge is -1.98. The molecule has 0 saturated carbocycles. The summed E-state index contributed by atoms with van der Waals surface area (Å²) in [6.45, 7) is 6.64. The van der Waals surface area contributed by atoms with Crippen molar-refractivity contribution in [3.8, 4) is 0 Å². The lowest BCUT2D eigenvalue weighted by molar-refractivity contribution is -0.692. The van der Waals surface area contributed by atoms with E-state index in [0.29, 0.717) is 6.04 Å². The Morgan fingerprint density at radius 2 is 1.86 bits per heavy atom. The first kappa shape index (κ1) is 11.9. The maximum absolute atomic E-state index is 2.39. The molecule has 0 saturated heterocycles. The van der Waals surface area contributed by atoms with E-state index in [-0.39, 0.29) is 24.0 Å². The zero-order chi connectivity index (χ0) is 9.42. The fraction of sp³-hybridized carbons (Fsp3) is 0.364. The predicted octanol–water partition coefficient (Wildman–Crippen LogP) is 0.0821. The second-order valence-corrected chi connectivity index (χ2v) is 4.79. The maximum atomic E-state index is 2.39. The number of rotatable bonds is 1. The van der Waals surface area contributed by atoms with Crippen molar-refractivity contribution in [3.63, 3.8) is 0 Å². The first-order valence-electron chi connectivity index (χ1n) is 4.60. The van der Waals surface area contributed by atoms with E-state index >= 15 is 0 Å². The fourth-order valence-corrected chi connectivity index (χ4v) is 2.91. The Morgan fingerprint density at radius 1 is 1.21 bits per heavy atom. The zero-order valence-electron chi connectivity index (χ0n) is 8.62. The van der Waals surface area contributed by atoms with E-state index in [0.717, 1.165) is 0 Å². The molecule has 0 radical (unpaired) electrons. The molecule has 2 aromatic rings. The van der Waals surface area contributed by atoms with Crippen LogP contribution in [0.4, 0.5) is 0 Å². The average molecular weight is 319 g/mol. The highest BCUT2D eigenvalue weighted by atomic mass is 127. The van der Waals surface area contributed by atoms with Gasteiger partial charge in [-0.15, -0.1) is 0 Å². The highest BCUT2D eigenvalue weighted by Gasteiger charge is 2.18. The molecule has 0 amide bonds. The van der Waals surface area contributed by atoms with Crippen LogP contribution in [0.3, 0.4) is 0 Å². The second-order valence-electron chi connectivity index (χ2n) is 3.55. The number of hydrogen-bond acceptors (Lipinski definition) is 1. The third kappa shape index (κ3) is 1.93. The predicted molar refractivity (Wildman–Crippen MR) is 57.1 cm³/mol. The van der Waals surface area contributed by atoms with E-state index in [2.05, 4.69) is 49.6 Å². The van der Waals surface area contributed by atoms with Crippen LogP contribution in [-0.2, 0) is 0 Å². The number of thiazole rings is 1. The smallest absolute Gasteiger partial charge is 0.235 e. The van der Waals surface area contributed by atoms with E-state index in [9.17, 15) is 0 Å². The van der Waals surface area contributed by atoms with Crippen LogP contribution in [-0.4, -0.2) is 0 Å². The van der Waals surface area contributed by atoms with Gasteiger partial charge in [-0.1, -0.05) is 23.5 Å². The van der Waals surface area contributed by atoms with E-state index in [1.54, 1.807) is 0 Å². The molecule has 0 unspecified atom stereocenters. The maximum Gasteiger partial charge on any atom is 0.235 e. The zero-order valence-corrected chi connectivity index (χ0v) is 11.6. The van der Waals surface area contributed by atoms with Gasteiger partial charge in [0, 0.05) is 13.0 Å². The monoisotopic (exact) mass is 319 g/mol. The summed E-state index contributed by atoms with van der Waals surface area (Å²) in [7, 11) is 0. The van der Waals surface area contributed by atoms with Crippen molar-refractivity contribution in [1.82, 2.24) is 0 Å². The summed E-state index contributed by atoms with van der Waals surface area (Å²) in [6, 6.07) is 9.14. The minimum Gasteiger partial charge on any atom is -1.00 e. The van der Waals surface area contributed by atoms with Crippen LogP contribution in [0.5, 0.6) is 0 Å². The molecular formula is C11H14INS. The van der Waals surface area contributed by atoms with Crippen molar-refractivity contribution in [3.05, 3.63) is 29.3 Å². The lowest BCUT2D eigenvalue weighted by atomic mass is 10.3. The van der Waals surface area contributed by atoms with Crippen molar-refractivity contribution in [2.45, 2.75) is 26.8 Å². The summed E-state index contributed by atoms with van der Waals surface area (Å²) in [5.74, 6) is 0. The topological polar surface area (TPSA) is 3.88 Å². The van der Waals surface area contributed by atoms with Gasteiger partial charge in [-0.3, -0.25) is 0 Å². The van der Waals surface area contributed by atoms with Crippen LogP contribution in [0, 0.1) is 6.92 Å². The molecule has 14 heavy (non-hydrogen) atoms. The Balaban J connectivity index is 0.000000980. The Kier molecular flexibility index (Phi) is 3.89. The molecular weight excluding hydrogens is 305 g/mol. The molecule has 0 aliphatic rings. The molecule has 3 heteroatoms. The lowest BCUT2D eigenvalue weighted by Crippen LogP contribution is -3.00. The number of halogens is 1. The van der Waals surface area contributed by atoms with Crippen LogP contribution in [0.2, 0.25) is 0 Å². The number of fused-ring (bicyclic) bond motifs is 1. The molecule has 0 aliphatic carbocycles. The molecule has 0 spiro atoms. The molecule has 0 aliphatic heterocycles. The van der Waals surface area contributed by atoms with Gasteiger partial charge in [0.15, 0.2) is 6.04 Å². The molecule has 1 heterocycles. The number of nitrogens with zero attached hydrogens (tertiary/aromatic N) is 1. The standard InChI is InChI=1S/C11H14NS.HI/c1-8(2)12-9(3)13-11-7-5-4-6-10(11)12;/h4-8H,1-3H3;1H/q+1;/p-1. The van der Waals surface area contributed by atoms with Crippen LogP contribution < -0.4 is 28.5 Å². The van der Waals surface area contributed by atoms with Gasteiger partial charge in [-0.25, -0.2) is 0 Å². The first-order valence-corrected chi connectivity index (χ1v) is 5.41. The van der Waals surface area contributed by atoms with Gasteiger partial charge in [0.1, 0.15) is 4.70 Å². The van der Waals surface area contributed by atoms with Crippen LogP contribution >= 0.6 is 11.3 Å². The van der Waals surface area contributed by atoms with Crippen LogP contribution in [0.1, 0.15) is 24.9 Å². The van der Waals surface area contributed by atoms with E-state index in [1.165, 1.54) is 15.2 Å². The number of para-hydroxylation sites is 1. The summed E-state index contributed by atoms with van der Waals surface area (Å²) in [5.41, 5.74) is 1.36. The molecule has 0 N–H and O–H groups in total. The molecule has 0 atom stereocenters. The molecule has 1 nitrogen and oxygen atoms in total. The Bertz CT molecular complexity index is 434. The number of aromatic nitrogens is 1. The average Bonchev–Trinajstić information content (AvgIpc) is 2.39. The van der Waals surface area contributed by atoms with Gasteiger partial charge in [0.05, 0.1) is 0 Å². The molecule has 2 rings (SSSR count). The highest BCUT2D eigenvalue weighted by Crippen LogP contribution is 2.20. The summed E-state index contributed by atoms with van der Waals surface area (Å²) in [6.07, 6.45) is 0. The third-order valence-corrected chi connectivity index (χ3v) is 3.30. The van der Waals surface area contributed by atoms with E-state index in [1.807, 2.05) is 11.3 Å². The van der Waals surface area contributed by atoms with Crippen molar-refractivity contribution in [1.29, 1.82) is 0 Å². The van der Waals surface area contributed by atoms with E-state index < -0.39 is 0 Å². The number of benzene rings is 1. The Morgan fingerprint density at radius 3 is 2.50 bits per heavy atom. The van der Waals surface area contributed by atoms with Crippen molar-refractivity contribution in [2.75, 3.05) is 0 Å². The van der Waals surface area contributed by atoms with Gasteiger partial charge in [-0.05, 0) is 19.9 Å². The summed E-state index contributed by atoms with van der Waals surface area (Å²) in [5, 5.41) is 1.39. The largest absolute Gasteiger partial charge is 1.00 e. The number of hydrogen-bond donors (Lipinski definition) is 0. The second kappa shape index (κ2) is 4.57. The van der Waals surface area contributed by atoms with Gasteiger partial charge in [0.2, 0.25) is 10.5 Å². The summed E-state index contributed by atoms with van der Waals surface area (Å²) < 4.78 is 3.77. The van der Waals surface area contributed by atoms with Crippen LogP contribution in [0.15, 0.2) is 24.3 Å². The summed E-state index contributed by atoms with van der Waals surface area (Å²) in [4.78, 5) is 0. The summed E-state index contributed by atoms with van der Waals surface area (Å²) >= 11 is 1.87. The Hall–Kier alpha value is -0.160. The molecule has 76 valence electrons. The normalized spacial score (nSPS) is 10.6. The van der Waals surface area contributed by atoms with Gasteiger partial charge in [0.25, 0.3) is 0 Å². The van der Waals surface area contributed by atoms with Crippen LogP contribution in [0.25, 0.3) is 10.2 Å². The van der Waals surface area contributed by atoms with Gasteiger partial charge in [-0.2, -0.15) is 4.57 Å². The first-order chi connectivity index (χ1) is 6.20. The number of aryl methyl sites for hydroxylation is 1. The minimum atomic E-state index is 0. The van der Waals surface area contributed by atoms with Crippen molar-refractivity contribution >= 4 is 21.6 Å². The molecule has 1 aromatic carbocycles. The van der Waals surface area contributed by atoms with Crippen molar-refractivity contribution in [2.24, 2.45) is 0 Å². The van der Waals surface area contributed by atoms with Crippen molar-refractivity contribution < 1.29 is 28.5 Å². The molecule has 1 aromatic heterocycles.